The molecule has 0 atom stereocenters. The monoisotopic (exact) mass is 419 g/mol. The Morgan fingerprint density at radius 2 is 1.68 bits per heavy atom. The van der Waals surface area contributed by atoms with Crippen LogP contribution in [0.3, 0.4) is 0 Å². The van der Waals surface area contributed by atoms with Gasteiger partial charge in [-0.15, -0.1) is 0 Å². The van der Waals surface area contributed by atoms with E-state index >= 15 is 0 Å². The van der Waals surface area contributed by atoms with E-state index in [2.05, 4.69) is 30.9 Å². The van der Waals surface area contributed by atoms with Crippen LogP contribution in [-0.4, -0.2) is 14.8 Å². The predicted molar refractivity (Wildman–Crippen MR) is 110 cm³/mol. The van der Waals surface area contributed by atoms with Crippen molar-refractivity contribution in [2.45, 2.75) is 32.7 Å². The Hall–Kier alpha value is -2.57. The number of hydrogen-bond acceptors (Lipinski definition) is 4. The molecule has 146 valence electrons. The molecular weight excluding hydrogens is 401 g/mol. The summed E-state index contributed by atoms with van der Waals surface area (Å²) < 4.78 is 6.96. The third-order valence-electron chi connectivity index (χ3n) is 4.11. The van der Waals surface area contributed by atoms with E-state index in [1.165, 1.54) is 5.56 Å². The molecule has 3 aromatic rings. The molecule has 0 unspecified atom stereocenters. The Morgan fingerprint density at radius 3 is 2.21 bits per heavy atom. The molecule has 0 fully saturated rings. The molecule has 0 aliphatic carbocycles. The lowest BCUT2D eigenvalue weighted by atomic mass is 9.87. The minimum absolute atomic E-state index is 0.0449. The van der Waals surface area contributed by atoms with Crippen molar-refractivity contribution in [3.05, 3.63) is 84.6 Å². The number of benzene rings is 2. The summed E-state index contributed by atoms with van der Waals surface area (Å²) in [6.07, 6.45) is 1.03. The summed E-state index contributed by atoms with van der Waals surface area (Å²) in [5.41, 5.74) is 0.708. The van der Waals surface area contributed by atoms with E-state index in [1.807, 2.05) is 24.3 Å². The van der Waals surface area contributed by atoms with Crippen LogP contribution < -0.4 is 16.0 Å². The molecule has 0 radical (unpaired) electrons. The first-order valence-corrected chi connectivity index (χ1v) is 9.32. The second-order valence-electron chi connectivity index (χ2n) is 7.36. The lowest BCUT2D eigenvalue weighted by Crippen LogP contribution is -2.31. The van der Waals surface area contributed by atoms with Gasteiger partial charge in [0.2, 0.25) is 0 Å². The van der Waals surface area contributed by atoms with Gasteiger partial charge in [0.25, 0.3) is 5.56 Å². The second kappa shape index (κ2) is 7.81. The highest BCUT2D eigenvalue weighted by Crippen LogP contribution is 2.38. The molecule has 0 saturated heterocycles. The highest BCUT2D eigenvalue weighted by atomic mass is 35.5. The van der Waals surface area contributed by atoms with E-state index in [-0.39, 0.29) is 12.0 Å². The van der Waals surface area contributed by atoms with Gasteiger partial charge in [-0.25, -0.2) is 9.48 Å². The third-order valence-corrected chi connectivity index (χ3v) is 4.67. The van der Waals surface area contributed by atoms with Crippen LogP contribution in [0.25, 0.3) is 0 Å². The van der Waals surface area contributed by atoms with Crippen molar-refractivity contribution in [3.8, 4) is 11.5 Å². The summed E-state index contributed by atoms with van der Waals surface area (Å²) in [4.78, 5) is 25.0. The van der Waals surface area contributed by atoms with Crippen molar-refractivity contribution in [2.75, 3.05) is 0 Å². The summed E-state index contributed by atoms with van der Waals surface area (Å²) >= 11 is 12.7. The van der Waals surface area contributed by atoms with Crippen LogP contribution in [0.1, 0.15) is 31.9 Å². The second-order valence-corrected chi connectivity index (χ2v) is 8.18. The summed E-state index contributed by atoms with van der Waals surface area (Å²) in [6.45, 7) is 6.52. The molecule has 3 rings (SSSR count). The first kappa shape index (κ1) is 20.2. The van der Waals surface area contributed by atoms with E-state index in [9.17, 15) is 9.59 Å². The summed E-state index contributed by atoms with van der Waals surface area (Å²) in [5, 5.41) is 4.40. The molecule has 0 bridgehead atoms. The molecule has 0 aliphatic heterocycles. The lowest BCUT2D eigenvalue weighted by Gasteiger charge is -2.19. The average Bonchev–Trinajstić information content (AvgIpc) is 2.60. The Morgan fingerprint density at radius 1 is 1.07 bits per heavy atom. The van der Waals surface area contributed by atoms with Crippen LogP contribution in [-0.2, 0) is 12.0 Å². The lowest BCUT2D eigenvalue weighted by molar-refractivity contribution is 0.481. The SMILES string of the molecule is CC(C)(C)c1ccc(Oc2c(Cl)cc(Cn3ncc(=O)[nH]c3=O)cc2Cl)cc1. The summed E-state index contributed by atoms with van der Waals surface area (Å²) in [7, 11) is 0. The van der Waals surface area contributed by atoms with E-state index in [1.54, 1.807) is 12.1 Å². The van der Waals surface area contributed by atoms with Crippen LogP contribution in [0.4, 0.5) is 0 Å². The van der Waals surface area contributed by atoms with Gasteiger partial charge in [0, 0.05) is 0 Å². The number of rotatable bonds is 4. The standard InChI is InChI=1S/C20H19Cl2N3O3/c1-20(2,3)13-4-6-14(7-5-13)28-18-15(21)8-12(9-16(18)22)11-25-19(27)24-17(26)10-23-25/h4-10H,11H2,1-3H3,(H,24,26,27). The van der Waals surface area contributed by atoms with Gasteiger partial charge < -0.3 is 4.74 Å². The molecule has 0 aliphatic rings. The number of hydrogen-bond donors (Lipinski definition) is 1. The van der Waals surface area contributed by atoms with Crippen LogP contribution in [0.15, 0.2) is 52.2 Å². The largest absolute Gasteiger partial charge is 0.454 e. The van der Waals surface area contributed by atoms with Gasteiger partial charge in [-0.05, 0) is 40.8 Å². The fraction of sp³-hybridized carbons (Fsp3) is 0.250. The van der Waals surface area contributed by atoms with Gasteiger partial charge in [0.15, 0.2) is 5.75 Å². The van der Waals surface area contributed by atoms with Crippen molar-refractivity contribution in [1.82, 2.24) is 14.8 Å². The Balaban J connectivity index is 1.84. The maximum Gasteiger partial charge on any atom is 0.345 e. The molecule has 1 N–H and O–H groups in total. The van der Waals surface area contributed by atoms with Crippen LogP contribution in [0.5, 0.6) is 11.5 Å². The van der Waals surface area contributed by atoms with Gasteiger partial charge in [0.1, 0.15) is 11.9 Å². The van der Waals surface area contributed by atoms with Gasteiger partial charge in [-0.3, -0.25) is 9.78 Å². The predicted octanol–water partition coefficient (Wildman–Crippen LogP) is 4.38. The number of aromatic nitrogens is 3. The van der Waals surface area contributed by atoms with E-state index < -0.39 is 11.2 Å². The van der Waals surface area contributed by atoms with E-state index in [0.29, 0.717) is 27.1 Å². The van der Waals surface area contributed by atoms with Crippen molar-refractivity contribution >= 4 is 23.2 Å². The normalized spacial score (nSPS) is 11.5. The Bertz CT molecular complexity index is 1090. The fourth-order valence-electron chi connectivity index (χ4n) is 2.60. The van der Waals surface area contributed by atoms with Crippen molar-refractivity contribution in [3.63, 3.8) is 0 Å². The van der Waals surface area contributed by atoms with Crippen molar-refractivity contribution < 1.29 is 4.74 Å². The minimum Gasteiger partial charge on any atom is -0.454 e. The third kappa shape index (κ3) is 4.64. The maximum absolute atomic E-state index is 11.8. The quantitative estimate of drug-likeness (QED) is 0.680. The zero-order chi connectivity index (χ0) is 20.5. The van der Waals surface area contributed by atoms with Crippen LogP contribution >= 0.6 is 23.2 Å². The van der Waals surface area contributed by atoms with Gasteiger partial charge >= 0.3 is 5.69 Å². The van der Waals surface area contributed by atoms with Gasteiger partial charge in [-0.1, -0.05) is 56.1 Å². The number of nitrogens with one attached hydrogen (secondary N) is 1. The van der Waals surface area contributed by atoms with Gasteiger partial charge in [0.05, 0.1) is 16.6 Å². The number of nitrogens with zero attached hydrogens (tertiary/aromatic N) is 2. The molecule has 8 heteroatoms. The maximum atomic E-state index is 11.8. The van der Waals surface area contributed by atoms with Crippen LogP contribution in [0.2, 0.25) is 10.0 Å². The number of ether oxygens (including phenoxy) is 1. The average molecular weight is 420 g/mol. The zero-order valence-corrected chi connectivity index (χ0v) is 17.1. The van der Waals surface area contributed by atoms with Crippen molar-refractivity contribution in [1.29, 1.82) is 0 Å². The highest BCUT2D eigenvalue weighted by Gasteiger charge is 2.15. The number of halogens is 2. The molecule has 1 aromatic heterocycles. The Labute approximate surface area is 171 Å². The molecule has 0 amide bonds. The number of H-pyrrole nitrogens is 1. The first-order valence-electron chi connectivity index (χ1n) is 8.56. The fourth-order valence-corrected chi connectivity index (χ4v) is 3.21. The first-order chi connectivity index (χ1) is 13.1. The van der Waals surface area contributed by atoms with E-state index in [0.717, 1.165) is 10.9 Å². The van der Waals surface area contributed by atoms with Gasteiger partial charge in [-0.2, -0.15) is 5.10 Å². The molecule has 0 spiro atoms. The molecule has 6 nitrogen and oxygen atoms in total. The van der Waals surface area contributed by atoms with E-state index in [4.69, 9.17) is 27.9 Å². The smallest absolute Gasteiger partial charge is 0.345 e. The number of aromatic amines is 1. The molecule has 1 heterocycles. The minimum atomic E-state index is -0.612. The topological polar surface area (TPSA) is 77.0 Å². The summed E-state index contributed by atoms with van der Waals surface area (Å²) in [5.74, 6) is 0.945. The molecule has 28 heavy (non-hydrogen) atoms. The molecular formula is C20H19Cl2N3O3. The summed E-state index contributed by atoms with van der Waals surface area (Å²) in [6, 6.07) is 11.0. The molecule has 0 saturated carbocycles. The van der Waals surface area contributed by atoms with Crippen molar-refractivity contribution in [2.24, 2.45) is 0 Å². The Kier molecular flexibility index (Phi) is 5.63. The highest BCUT2D eigenvalue weighted by molar-refractivity contribution is 6.37. The van der Waals surface area contributed by atoms with Crippen LogP contribution in [0, 0.1) is 0 Å². The zero-order valence-electron chi connectivity index (χ0n) is 15.6. The molecule has 2 aromatic carbocycles.